The van der Waals surface area contributed by atoms with Crippen LogP contribution in [0.15, 0.2) is 33.8 Å². The predicted octanol–water partition coefficient (Wildman–Crippen LogP) is 3.54. The lowest BCUT2D eigenvalue weighted by molar-refractivity contribution is 0.0488. The van der Waals surface area contributed by atoms with Gasteiger partial charge in [0.05, 0.1) is 25.8 Å². The van der Waals surface area contributed by atoms with Crippen molar-refractivity contribution >= 4 is 11.7 Å². The van der Waals surface area contributed by atoms with Gasteiger partial charge in [-0.1, -0.05) is 18.5 Å². The number of carbonyl (C=O) groups excluding carboxylic acids is 1. The Balaban J connectivity index is 2.29. The summed E-state index contributed by atoms with van der Waals surface area (Å²) in [5.74, 6) is 0.441. The number of furan rings is 1. The van der Waals surface area contributed by atoms with E-state index in [0.717, 1.165) is 18.4 Å². The second-order valence-corrected chi connectivity index (χ2v) is 5.64. The molecule has 140 valence electrons. The summed E-state index contributed by atoms with van der Waals surface area (Å²) in [6, 6.07) is 6.34. The lowest BCUT2D eigenvalue weighted by Gasteiger charge is -2.13. The summed E-state index contributed by atoms with van der Waals surface area (Å²) >= 11 is 0. The first kappa shape index (κ1) is 19.4. The lowest BCUT2D eigenvalue weighted by Crippen LogP contribution is -2.07. The third-order valence-corrected chi connectivity index (χ3v) is 3.83. The summed E-state index contributed by atoms with van der Waals surface area (Å²) in [6.45, 7) is 3.99. The van der Waals surface area contributed by atoms with E-state index in [1.54, 1.807) is 19.1 Å². The van der Waals surface area contributed by atoms with E-state index < -0.39 is 5.97 Å². The van der Waals surface area contributed by atoms with Crippen molar-refractivity contribution in [2.45, 2.75) is 33.1 Å². The number of hydrogen-bond donors (Lipinski definition) is 2. The maximum atomic E-state index is 11.7. The van der Waals surface area contributed by atoms with Crippen LogP contribution in [0.5, 0.6) is 11.5 Å². The van der Waals surface area contributed by atoms with Crippen molar-refractivity contribution in [3.05, 3.63) is 46.9 Å². The Morgan fingerprint density at radius 2 is 2.04 bits per heavy atom. The molecular formula is C19H23NO6. The van der Waals surface area contributed by atoms with Crippen molar-refractivity contribution in [1.82, 2.24) is 0 Å². The molecule has 0 amide bonds. The summed E-state index contributed by atoms with van der Waals surface area (Å²) < 4.78 is 15.6. The fourth-order valence-corrected chi connectivity index (χ4v) is 2.63. The summed E-state index contributed by atoms with van der Waals surface area (Å²) in [6.07, 6.45) is 1.75. The van der Waals surface area contributed by atoms with E-state index in [1.165, 1.54) is 19.2 Å². The first-order valence-corrected chi connectivity index (χ1v) is 8.41. The van der Waals surface area contributed by atoms with Gasteiger partial charge in [0.1, 0.15) is 17.3 Å². The molecular weight excluding hydrogens is 338 g/mol. The minimum atomic E-state index is -0.557. The van der Waals surface area contributed by atoms with E-state index in [-0.39, 0.29) is 30.2 Å². The third kappa shape index (κ3) is 4.36. The van der Waals surface area contributed by atoms with Gasteiger partial charge in [0, 0.05) is 11.6 Å². The maximum absolute atomic E-state index is 11.7. The number of nitrogens with zero attached hydrogens (tertiary/aromatic N) is 1. The molecule has 0 bridgehead atoms. The van der Waals surface area contributed by atoms with Crippen molar-refractivity contribution in [2.75, 3.05) is 13.7 Å². The molecule has 0 saturated heterocycles. The quantitative estimate of drug-likeness (QED) is 0.323. The number of aromatic hydroxyl groups is 1. The Hall–Kier alpha value is -2.96. The van der Waals surface area contributed by atoms with Gasteiger partial charge >= 0.3 is 5.97 Å². The van der Waals surface area contributed by atoms with Gasteiger partial charge in [-0.3, -0.25) is 0 Å². The van der Waals surface area contributed by atoms with E-state index in [1.807, 2.05) is 6.92 Å². The zero-order valence-electron chi connectivity index (χ0n) is 15.1. The normalized spacial score (nSPS) is 11.4. The van der Waals surface area contributed by atoms with Crippen LogP contribution < -0.4 is 4.74 Å². The number of hydrogen-bond acceptors (Lipinski definition) is 7. The molecule has 0 atom stereocenters. The molecule has 0 fully saturated rings. The molecule has 0 unspecified atom stereocenters. The zero-order valence-corrected chi connectivity index (χ0v) is 15.1. The van der Waals surface area contributed by atoms with Gasteiger partial charge in [0.15, 0.2) is 0 Å². The first-order chi connectivity index (χ1) is 12.5. The summed E-state index contributed by atoms with van der Waals surface area (Å²) in [5, 5.41) is 23.0. The fraction of sp³-hybridized carbons (Fsp3) is 0.368. The summed E-state index contributed by atoms with van der Waals surface area (Å²) in [4.78, 5) is 11.7. The number of carbonyl (C=O) groups is 1. The molecule has 2 rings (SSSR count). The highest BCUT2D eigenvalue weighted by atomic mass is 16.5. The minimum absolute atomic E-state index is 0.0633. The van der Waals surface area contributed by atoms with E-state index in [0.29, 0.717) is 17.1 Å². The molecule has 2 N–H and O–H groups in total. The largest absolute Gasteiger partial charge is 0.507 e. The molecule has 2 aromatic rings. The molecule has 1 aromatic heterocycles. The van der Waals surface area contributed by atoms with Crippen molar-refractivity contribution in [2.24, 2.45) is 5.16 Å². The average Bonchev–Trinajstić information content (AvgIpc) is 3.10. The number of aryl methyl sites for hydroxylation is 1. The average molecular weight is 361 g/mol. The van der Waals surface area contributed by atoms with Gasteiger partial charge in [-0.15, -0.1) is 0 Å². The van der Waals surface area contributed by atoms with Gasteiger partial charge < -0.3 is 24.2 Å². The Bertz CT molecular complexity index is 793. The highest BCUT2D eigenvalue weighted by Crippen LogP contribution is 2.30. The second kappa shape index (κ2) is 8.94. The van der Waals surface area contributed by atoms with Crippen molar-refractivity contribution < 1.29 is 29.0 Å². The Labute approximate surface area is 151 Å². The van der Waals surface area contributed by atoms with Crippen LogP contribution in [-0.2, 0) is 17.6 Å². The molecule has 0 aliphatic rings. The topological polar surface area (TPSA) is 101 Å². The summed E-state index contributed by atoms with van der Waals surface area (Å²) in [7, 11) is 1.54. The number of ether oxygens (including phenoxy) is 2. The van der Waals surface area contributed by atoms with Crippen molar-refractivity contribution in [3.8, 4) is 11.5 Å². The van der Waals surface area contributed by atoms with Crippen LogP contribution >= 0.6 is 0 Å². The molecule has 26 heavy (non-hydrogen) atoms. The highest BCUT2D eigenvalue weighted by molar-refractivity contribution is 6.03. The van der Waals surface area contributed by atoms with Crippen LogP contribution in [0, 0.1) is 0 Å². The zero-order chi connectivity index (χ0) is 19.1. The number of phenols is 1. The van der Waals surface area contributed by atoms with Gasteiger partial charge in [-0.05, 0) is 37.1 Å². The smallest absolute Gasteiger partial charge is 0.374 e. The van der Waals surface area contributed by atoms with Crippen LogP contribution in [0.1, 0.15) is 47.7 Å². The molecule has 0 aliphatic heterocycles. The molecule has 0 radical (unpaired) electrons. The monoisotopic (exact) mass is 361 g/mol. The molecule has 0 aliphatic carbocycles. The molecule has 0 saturated carbocycles. The fourth-order valence-electron chi connectivity index (χ4n) is 2.63. The van der Waals surface area contributed by atoms with Crippen LogP contribution in [0.3, 0.4) is 0 Å². The number of benzene rings is 1. The molecule has 1 aromatic carbocycles. The molecule has 7 nitrogen and oxygen atoms in total. The van der Waals surface area contributed by atoms with E-state index in [2.05, 4.69) is 5.16 Å². The SMILES string of the molecule is CCCc1cc(/C(Cc2ccc(C(=O)OCC)o2)=N/O)c(O)cc1OC. The van der Waals surface area contributed by atoms with E-state index >= 15 is 0 Å². The third-order valence-electron chi connectivity index (χ3n) is 3.83. The Morgan fingerprint density at radius 3 is 2.65 bits per heavy atom. The highest BCUT2D eigenvalue weighted by Gasteiger charge is 2.18. The van der Waals surface area contributed by atoms with Gasteiger partial charge in [0.2, 0.25) is 5.76 Å². The summed E-state index contributed by atoms with van der Waals surface area (Å²) in [5.41, 5.74) is 1.49. The number of oxime groups is 1. The van der Waals surface area contributed by atoms with Gasteiger partial charge in [-0.25, -0.2) is 4.79 Å². The van der Waals surface area contributed by atoms with Crippen molar-refractivity contribution in [1.29, 1.82) is 0 Å². The number of methoxy groups -OCH3 is 1. The Morgan fingerprint density at radius 1 is 1.27 bits per heavy atom. The Kier molecular flexibility index (Phi) is 6.66. The lowest BCUT2D eigenvalue weighted by atomic mass is 9.99. The van der Waals surface area contributed by atoms with Crippen LogP contribution in [0.4, 0.5) is 0 Å². The standard InChI is InChI=1S/C19H23NO6/c1-4-6-12-9-14(16(21)11-18(12)24-3)15(20-23)10-13-7-8-17(26-13)19(22)25-5-2/h7-9,11,21,23H,4-6,10H2,1-3H3/b20-15+. The van der Waals surface area contributed by atoms with Gasteiger partial charge in [-0.2, -0.15) is 0 Å². The minimum Gasteiger partial charge on any atom is -0.507 e. The molecule has 0 spiro atoms. The van der Waals surface area contributed by atoms with E-state index in [9.17, 15) is 15.1 Å². The first-order valence-electron chi connectivity index (χ1n) is 8.41. The number of phenolic OH excluding ortho intramolecular Hbond substituents is 1. The van der Waals surface area contributed by atoms with E-state index in [4.69, 9.17) is 13.9 Å². The molecule has 7 heteroatoms. The number of esters is 1. The van der Waals surface area contributed by atoms with Gasteiger partial charge in [0.25, 0.3) is 0 Å². The predicted molar refractivity (Wildman–Crippen MR) is 95.3 cm³/mol. The van der Waals surface area contributed by atoms with Crippen LogP contribution in [0.2, 0.25) is 0 Å². The second-order valence-electron chi connectivity index (χ2n) is 5.64. The van der Waals surface area contributed by atoms with Crippen molar-refractivity contribution in [3.63, 3.8) is 0 Å². The van der Waals surface area contributed by atoms with Crippen LogP contribution in [0.25, 0.3) is 0 Å². The molecule has 1 heterocycles. The number of rotatable bonds is 8. The maximum Gasteiger partial charge on any atom is 0.374 e. The van der Waals surface area contributed by atoms with Crippen LogP contribution in [-0.4, -0.2) is 35.7 Å².